The van der Waals surface area contributed by atoms with E-state index in [9.17, 15) is 9.90 Å². The first kappa shape index (κ1) is 21.2. The molecule has 0 aliphatic heterocycles. The summed E-state index contributed by atoms with van der Waals surface area (Å²) in [5.41, 5.74) is 3.83. The van der Waals surface area contributed by atoms with Crippen LogP contribution in [0.1, 0.15) is 19.4 Å². The number of benzene rings is 2. The number of phenols is 1. The molecule has 1 amide bonds. The quantitative estimate of drug-likeness (QED) is 0.420. The van der Waals surface area contributed by atoms with Gasteiger partial charge in [0.05, 0.1) is 10.7 Å². The van der Waals surface area contributed by atoms with Gasteiger partial charge in [-0.05, 0) is 60.1 Å². The van der Waals surface area contributed by atoms with E-state index in [0.717, 1.165) is 27.7 Å². The molecule has 144 valence electrons. The third kappa shape index (κ3) is 6.25. The second-order valence-corrected chi connectivity index (χ2v) is 7.34. The van der Waals surface area contributed by atoms with Crippen molar-refractivity contribution in [3.63, 3.8) is 0 Å². The third-order valence-electron chi connectivity index (χ3n) is 3.79. The van der Waals surface area contributed by atoms with Crippen LogP contribution < -0.4 is 15.1 Å². The highest BCUT2D eigenvalue weighted by atomic mass is 79.9. The Morgan fingerprint density at radius 3 is 2.59 bits per heavy atom. The molecule has 0 saturated carbocycles. The van der Waals surface area contributed by atoms with Crippen molar-refractivity contribution in [3.05, 3.63) is 50.9 Å². The first-order valence-electron chi connectivity index (χ1n) is 8.42. The lowest BCUT2D eigenvalue weighted by Gasteiger charge is -2.21. The maximum absolute atomic E-state index is 11.8. The summed E-state index contributed by atoms with van der Waals surface area (Å²) >= 11 is 6.72. The van der Waals surface area contributed by atoms with E-state index in [-0.39, 0.29) is 12.4 Å². The number of carbonyl (C=O) groups excluding carboxylic acids is 1. The summed E-state index contributed by atoms with van der Waals surface area (Å²) in [7, 11) is 0. The molecule has 0 spiro atoms. The molecule has 0 aliphatic carbocycles. The Morgan fingerprint density at radius 2 is 1.96 bits per heavy atom. The Morgan fingerprint density at radius 1 is 1.22 bits per heavy atom. The van der Waals surface area contributed by atoms with Crippen molar-refractivity contribution < 1.29 is 14.6 Å². The number of aromatic hydroxyl groups is 1. The van der Waals surface area contributed by atoms with Crippen LogP contribution in [0.2, 0.25) is 0 Å². The number of nitrogens with zero attached hydrogens (tertiary/aromatic N) is 2. The predicted molar refractivity (Wildman–Crippen MR) is 115 cm³/mol. The summed E-state index contributed by atoms with van der Waals surface area (Å²) < 4.78 is 7.09. The van der Waals surface area contributed by atoms with Crippen molar-refractivity contribution in [1.29, 1.82) is 0 Å². The van der Waals surface area contributed by atoms with E-state index in [4.69, 9.17) is 4.74 Å². The van der Waals surface area contributed by atoms with Crippen LogP contribution in [0, 0.1) is 0 Å². The minimum absolute atomic E-state index is 0.104. The molecule has 0 fully saturated rings. The number of hydrogen-bond donors (Lipinski definition) is 2. The van der Waals surface area contributed by atoms with Gasteiger partial charge >= 0.3 is 0 Å². The molecular formula is C19H21Br2N3O3. The van der Waals surface area contributed by atoms with Gasteiger partial charge in [-0.2, -0.15) is 5.10 Å². The molecule has 0 saturated heterocycles. The van der Waals surface area contributed by atoms with Crippen molar-refractivity contribution in [3.8, 4) is 11.5 Å². The van der Waals surface area contributed by atoms with Crippen LogP contribution >= 0.6 is 31.9 Å². The van der Waals surface area contributed by atoms with Crippen molar-refractivity contribution in [2.75, 3.05) is 24.6 Å². The summed E-state index contributed by atoms with van der Waals surface area (Å²) in [4.78, 5) is 14.0. The van der Waals surface area contributed by atoms with Gasteiger partial charge in [0.2, 0.25) is 0 Å². The molecule has 0 radical (unpaired) electrons. The number of phenolic OH excluding ortho intramolecular Hbond substituents is 1. The maximum Gasteiger partial charge on any atom is 0.277 e. The Balaban J connectivity index is 1.90. The van der Waals surface area contributed by atoms with E-state index in [2.05, 4.69) is 61.1 Å². The van der Waals surface area contributed by atoms with Crippen LogP contribution in [0.3, 0.4) is 0 Å². The minimum Gasteiger partial charge on any atom is -0.507 e. The van der Waals surface area contributed by atoms with Crippen LogP contribution in [-0.4, -0.2) is 36.9 Å². The van der Waals surface area contributed by atoms with Gasteiger partial charge in [0.1, 0.15) is 11.5 Å². The molecule has 2 aromatic rings. The summed E-state index contributed by atoms with van der Waals surface area (Å²) in [6.07, 6.45) is 1.40. The molecule has 0 unspecified atom stereocenters. The van der Waals surface area contributed by atoms with Gasteiger partial charge in [0.25, 0.3) is 5.91 Å². The molecule has 0 heterocycles. The normalized spacial score (nSPS) is 10.8. The van der Waals surface area contributed by atoms with Crippen LogP contribution in [0.25, 0.3) is 0 Å². The average molecular weight is 499 g/mol. The van der Waals surface area contributed by atoms with Crippen LogP contribution in [0.4, 0.5) is 5.69 Å². The summed E-state index contributed by atoms with van der Waals surface area (Å²) in [6.45, 7) is 5.65. The SMILES string of the molecule is CCN(CC)c1ccc(C=NNC(=O)COc2ccc(Br)cc2Br)c(O)c1. The van der Waals surface area contributed by atoms with E-state index in [1.807, 2.05) is 18.2 Å². The van der Waals surface area contributed by atoms with Gasteiger partial charge in [-0.25, -0.2) is 5.43 Å². The largest absolute Gasteiger partial charge is 0.507 e. The van der Waals surface area contributed by atoms with Gasteiger partial charge in [-0.15, -0.1) is 0 Å². The highest BCUT2D eigenvalue weighted by Gasteiger charge is 2.07. The molecule has 2 rings (SSSR count). The van der Waals surface area contributed by atoms with Gasteiger partial charge in [0.15, 0.2) is 6.61 Å². The molecule has 0 aliphatic rings. The number of rotatable bonds is 8. The maximum atomic E-state index is 11.8. The van der Waals surface area contributed by atoms with Gasteiger partial charge in [-0.3, -0.25) is 4.79 Å². The number of halogens is 2. The fourth-order valence-electron chi connectivity index (χ4n) is 2.37. The molecule has 27 heavy (non-hydrogen) atoms. The monoisotopic (exact) mass is 497 g/mol. The molecule has 0 aromatic heterocycles. The summed E-state index contributed by atoms with van der Waals surface area (Å²) in [5, 5.41) is 14.0. The predicted octanol–water partition coefficient (Wildman–Crippen LogP) is 4.29. The van der Waals surface area contributed by atoms with E-state index < -0.39 is 5.91 Å². The Kier molecular flexibility index (Phi) is 8.12. The second-order valence-electron chi connectivity index (χ2n) is 5.57. The highest BCUT2D eigenvalue weighted by Crippen LogP contribution is 2.28. The molecule has 2 aromatic carbocycles. The fraction of sp³-hybridized carbons (Fsp3) is 0.263. The number of amides is 1. The standard InChI is InChI=1S/C19H21Br2N3O3/c1-3-24(4-2)15-7-5-13(17(25)10-15)11-22-23-19(26)12-27-18-8-6-14(20)9-16(18)21/h5-11,25H,3-4,12H2,1-2H3,(H,23,26). The number of nitrogens with one attached hydrogen (secondary N) is 1. The Hall–Kier alpha value is -2.06. The van der Waals surface area contributed by atoms with Gasteiger partial charge < -0.3 is 14.7 Å². The summed E-state index contributed by atoms with van der Waals surface area (Å²) in [5.74, 6) is 0.259. The Bertz CT molecular complexity index is 824. The lowest BCUT2D eigenvalue weighted by atomic mass is 10.2. The average Bonchev–Trinajstić information content (AvgIpc) is 2.63. The number of carbonyl (C=O) groups is 1. The Labute approximate surface area is 175 Å². The molecule has 0 bridgehead atoms. The summed E-state index contributed by atoms with van der Waals surface area (Å²) in [6, 6.07) is 10.7. The number of hydrogen-bond acceptors (Lipinski definition) is 5. The van der Waals surface area contributed by atoms with Crippen LogP contribution in [0.15, 0.2) is 50.4 Å². The van der Waals surface area contributed by atoms with Crippen molar-refractivity contribution in [2.24, 2.45) is 5.10 Å². The zero-order valence-corrected chi connectivity index (χ0v) is 18.2. The van der Waals surface area contributed by atoms with Gasteiger partial charge in [-0.1, -0.05) is 15.9 Å². The van der Waals surface area contributed by atoms with Crippen LogP contribution in [-0.2, 0) is 4.79 Å². The second kappa shape index (κ2) is 10.3. The van der Waals surface area contributed by atoms with E-state index in [1.54, 1.807) is 18.2 Å². The van der Waals surface area contributed by atoms with Crippen LogP contribution in [0.5, 0.6) is 11.5 Å². The molecule has 6 nitrogen and oxygen atoms in total. The topological polar surface area (TPSA) is 74.2 Å². The third-order valence-corrected chi connectivity index (χ3v) is 4.90. The molecular weight excluding hydrogens is 478 g/mol. The van der Waals surface area contributed by atoms with E-state index >= 15 is 0 Å². The number of hydrazone groups is 1. The zero-order chi connectivity index (χ0) is 19.8. The van der Waals surface area contributed by atoms with E-state index in [0.29, 0.717) is 11.3 Å². The minimum atomic E-state index is -0.402. The molecule has 0 atom stereocenters. The lowest BCUT2D eigenvalue weighted by molar-refractivity contribution is -0.123. The van der Waals surface area contributed by atoms with Gasteiger partial charge in [0, 0.05) is 34.9 Å². The van der Waals surface area contributed by atoms with E-state index in [1.165, 1.54) is 6.21 Å². The molecule has 2 N–H and O–H groups in total. The van der Waals surface area contributed by atoms with Crippen molar-refractivity contribution in [2.45, 2.75) is 13.8 Å². The number of anilines is 1. The van der Waals surface area contributed by atoms with Crippen molar-refractivity contribution in [1.82, 2.24) is 5.43 Å². The lowest BCUT2D eigenvalue weighted by Crippen LogP contribution is -2.24. The smallest absolute Gasteiger partial charge is 0.277 e. The van der Waals surface area contributed by atoms with Crippen molar-refractivity contribution >= 4 is 49.7 Å². The fourth-order valence-corrected chi connectivity index (χ4v) is 3.53. The zero-order valence-electron chi connectivity index (χ0n) is 15.1. The first-order chi connectivity index (χ1) is 12.9. The number of ether oxygens (including phenoxy) is 1. The first-order valence-corrected chi connectivity index (χ1v) is 10.0. The highest BCUT2D eigenvalue weighted by molar-refractivity contribution is 9.11. The molecule has 8 heteroatoms.